The number of aryl methyl sites for hydroxylation is 2. The van der Waals surface area contributed by atoms with E-state index in [4.69, 9.17) is 4.74 Å². The summed E-state index contributed by atoms with van der Waals surface area (Å²) in [4.78, 5) is 23.9. The van der Waals surface area contributed by atoms with Crippen LogP contribution in [0.5, 0.6) is 0 Å². The molecule has 0 aliphatic carbocycles. The number of hydrogen-bond acceptors (Lipinski definition) is 3. The summed E-state index contributed by atoms with van der Waals surface area (Å²) in [6.07, 6.45) is 0.186. The summed E-state index contributed by atoms with van der Waals surface area (Å²) in [5.74, 6) is -0.294. The molecular formula is C15H20N2O3. The van der Waals surface area contributed by atoms with Crippen molar-refractivity contribution in [2.24, 2.45) is 7.05 Å². The molecule has 0 saturated carbocycles. The maximum absolute atomic E-state index is 12.2. The van der Waals surface area contributed by atoms with Gasteiger partial charge in [0, 0.05) is 13.6 Å². The minimum Gasteiger partial charge on any atom is -0.460 e. The van der Waals surface area contributed by atoms with Crippen LogP contribution in [0.3, 0.4) is 0 Å². The van der Waals surface area contributed by atoms with Gasteiger partial charge in [-0.1, -0.05) is 12.1 Å². The Kier molecular flexibility index (Phi) is 3.70. The molecule has 0 amide bonds. The zero-order valence-corrected chi connectivity index (χ0v) is 12.3. The molecule has 1 heterocycles. The van der Waals surface area contributed by atoms with Crippen LogP contribution < -0.4 is 5.69 Å². The van der Waals surface area contributed by atoms with E-state index in [1.807, 2.05) is 45.0 Å². The van der Waals surface area contributed by atoms with Crippen LogP contribution in [0.2, 0.25) is 0 Å². The molecule has 0 fully saturated rings. The molecule has 0 aliphatic heterocycles. The third-order valence-corrected chi connectivity index (χ3v) is 3.01. The maximum Gasteiger partial charge on any atom is 0.328 e. The Morgan fingerprint density at radius 2 is 1.80 bits per heavy atom. The van der Waals surface area contributed by atoms with Gasteiger partial charge >= 0.3 is 11.7 Å². The quantitative estimate of drug-likeness (QED) is 0.806. The van der Waals surface area contributed by atoms with Crippen molar-refractivity contribution < 1.29 is 9.53 Å². The number of hydrogen-bond donors (Lipinski definition) is 0. The highest BCUT2D eigenvalue weighted by atomic mass is 16.6. The Morgan fingerprint density at radius 3 is 2.40 bits per heavy atom. The molecule has 2 aromatic rings. The van der Waals surface area contributed by atoms with Gasteiger partial charge in [0.1, 0.15) is 5.60 Å². The van der Waals surface area contributed by atoms with Gasteiger partial charge in [0.15, 0.2) is 0 Å². The highest BCUT2D eigenvalue weighted by Crippen LogP contribution is 2.13. The molecule has 5 heteroatoms. The third-order valence-electron chi connectivity index (χ3n) is 3.01. The number of fused-ring (bicyclic) bond motifs is 1. The van der Waals surface area contributed by atoms with E-state index < -0.39 is 5.60 Å². The molecule has 20 heavy (non-hydrogen) atoms. The first-order chi connectivity index (χ1) is 9.29. The summed E-state index contributed by atoms with van der Waals surface area (Å²) in [7, 11) is 1.73. The molecule has 0 bridgehead atoms. The first-order valence-corrected chi connectivity index (χ1v) is 6.66. The SMILES string of the molecule is Cn1c(=O)n(CCC(=O)OC(C)(C)C)c2ccccc21. The van der Waals surface area contributed by atoms with Crippen LogP contribution in [0.1, 0.15) is 27.2 Å². The highest BCUT2D eigenvalue weighted by molar-refractivity contribution is 5.76. The molecule has 0 N–H and O–H groups in total. The molecule has 0 spiro atoms. The molecule has 0 saturated heterocycles. The highest BCUT2D eigenvalue weighted by Gasteiger charge is 2.17. The van der Waals surface area contributed by atoms with Crippen LogP contribution in [-0.2, 0) is 23.1 Å². The van der Waals surface area contributed by atoms with E-state index in [2.05, 4.69) is 0 Å². The average molecular weight is 276 g/mol. The monoisotopic (exact) mass is 276 g/mol. The zero-order chi connectivity index (χ0) is 14.9. The van der Waals surface area contributed by atoms with E-state index in [9.17, 15) is 9.59 Å². The molecule has 0 atom stereocenters. The standard InChI is InChI=1S/C15H20N2O3/c1-15(2,3)20-13(18)9-10-17-12-8-6-5-7-11(12)16(4)14(17)19/h5-8H,9-10H2,1-4H3. The van der Waals surface area contributed by atoms with Crippen molar-refractivity contribution in [2.45, 2.75) is 39.3 Å². The Morgan fingerprint density at radius 1 is 1.20 bits per heavy atom. The maximum atomic E-state index is 12.2. The fourth-order valence-electron chi connectivity index (χ4n) is 2.17. The van der Waals surface area contributed by atoms with E-state index in [-0.39, 0.29) is 18.1 Å². The summed E-state index contributed by atoms with van der Waals surface area (Å²) >= 11 is 0. The lowest BCUT2D eigenvalue weighted by molar-refractivity contribution is -0.155. The van der Waals surface area contributed by atoms with E-state index >= 15 is 0 Å². The van der Waals surface area contributed by atoms with Crippen molar-refractivity contribution in [1.82, 2.24) is 9.13 Å². The van der Waals surface area contributed by atoms with Gasteiger partial charge in [0.25, 0.3) is 0 Å². The molecular weight excluding hydrogens is 256 g/mol. The largest absolute Gasteiger partial charge is 0.460 e. The first kappa shape index (κ1) is 14.4. The predicted molar refractivity (Wildman–Crippen MR) is 77.6 cm³/mol. The van der Waals surface area contributed by atoms with Gasteiger partial charge in [-0.05, 0) is 32.9 Å². The minimum atomic E-state index is -0.499. The zero-order valence-electron chi connectivity index (χ0n) is 12.3. The summed E-state index contributed by atoms with van der Waals surface area (Å²) in [6.45, 7) is 5.81. The molecule has 0 aliphatic rings. The van der Waals surface area contributed by atoms with Gasteiger partial charge < -0.3 is 4.74 Å². The Labute approximate surface area is 117 Å². The average Bonchev–Trinajstić information content (AvgIpc) is 2.59. The van der Waals surface area contributed by atoms with Crippen molar-refractivity contribution in [3.8, 4) is 0 Å². The lowest BCUT2D eigenvalue weighted by atomic mass is 10.2. The van der Waals surface area contributed by atoms with Gasteiger partial charge in [0.05, 0.1) is 17.5 Å². The predicted octanol–water partition coefficient (Wildman–Crippen LogP) is 2.07. The molecule has 0 radical (unpaired) electrons. The van der Waals surface area contributed by atoms with Crippen LogP contribution in [-0.4, -0.2) is 20.7 Å². The Bertz CT molecular complexity index is 689. The number of aromatic nitrogens is 2. The number of carbonyl (C=O) groups is 1. The van der Waals surface area contributed by atoms with Crippen LogP contribution in [0.4, 0.5) is 0 Å². The number of para-hydroxylation sites is 2. The van der Waals surface area contributed by atoms with Crippen molar-refractivity contribution in [2.75, 3.05) is 0 Å². The molecule has 2 rings (SSSR count). The van der Waals surface area contributed by atoms with Crippen LogP contribution in [0.15, 0.2) is 29.1 Å². The lowest BCUT2D eigenvalue weighted by Crippen LogP contribution is -2.27. The van der Waals surface area contributed by atoms with E-state index in [1.165, 1.54) is 0 Å². The van der Waals surface area contributed by atoms with Crippen LogP contribution in [0.25, 0.3) is 11.0 Å². The molecule has 0 unspecified atom stereocenters. The van der Waals surface area contributed by atoms with Gasteiger partial charge in [0.2, 0.25) is 0 Å². The second-order valence-corrected chi connectivity index (χ2v) is 5.82. The number of ether oxygens (including phenoxy) is 1. The van der Waals surface area contributed by atoms with Crippen molar-refractivity contribution in [3.05, 3.63) is 34.7 Å². The fraction of sp³-hybridized carbons (Fsp3) is 0.467. The number of carbonyl (C=O) groups excluding carboxylic acids is 1. The van der Waals surface area contributed by atoms with Crippen LogP contribution in [0, 0.1) is 0 Å². The molecule has 1 aromatic carbocycles. The number of imidazole rings is 1. The Balaban J connectivity index is 2.21. The first-order valence-electron chi connectivity index (χ1n) is 6.66. The normalized spacial score (nSPS) is 11.8. The van der Waals surface area contributed by atoms with Crippen molar-refractivity contribution in [3.63, 3.8) is 0 Å². The van der Waals surface area contributed by atoms with Crippen molar-refractivity contribution >= 4 is 17.0 Å². The second kappa shape index (κ2) is 5.15. The number of esters is 1. The summed E-state index contributed by atoms with van der Waals surface area (Å²) in [5, 5.41) is 0. The number of rotatable bonds is 3. The van der Waals surface area contributed by atoms with E-state index in [1.54, 1.807) is 16.2 Å². The smallest absolute Gasteiger partial charge is 0.328 e. The van der Waals surface area contributed by atoms with Crippen LogP contribution >= 0.6 is 0 Å². The summed E-state index contributed by atoms with van der Waals surface area (Å²) < 4.78 is 8.46. The van der Waals surface area contributed by atoms with Gasteiger partial charge in [-0.15, -0.1) is 0 Å². The van der Waals surface area contributed by atoms with E-state index in [0.29, 0.717) is 6.54 Å². The third kappa shape index (κ3) is 2.92. The lowest BCUT2D eigenvalue weighted by Gasteiger charge is -2.19. The number of nitrogens with zero attached hydrogens (tertiary/aromatic N) is 2. The Hall–Kier alpha value is -2.04. The topological polar surface area (TPSA) is 53.2 Å². The van der Waals surface area contributed by atoms with E-state index in [0.717, 1.165) is 11.0 Å². The minimum absolute atomic E-state index is 0.116. The summed E-state index contributed by atoms with van der Waals surface area (Å²) in [6, 6.07) is 7.54. The second-order valence-electron chi connectivity index (χ2n) is 5.82. The van der Waals surface area contributed by atoms with Gasteiger partial charge in [-0.25, -0.2) is 4.79 Å². The molecule has 1 aromatic heterocycles. The molecule has 5 nitrogen and oxygen atoms in total. The number of benzene rings is 1. The summed E-state index contributed by atoms with van der Waals surface area (Å²) in [5.41, 5.74) is 1.08. The van der Waals surface area contributed by atoms with Crippen molar-refractivity contribution in [1.29, 1.82) is 0 Å². The van der Waals surface area contributed by atoms with Gasteiger partial charge in [-0.2, -0.15) is 0 Å². The van der Waals surface area contributed by atoms with Gasteiger partial charge in [-0.3, -0.25) is 13.9 Å². The fourth-order valence-corrected chi connectivity index (χ4v) is 2.17. The molecule has 108 valence electrons.